The van der Waals surface area contributed by atoms with Gasteiger partial charge in [-0.3, -0.25) is 0 Å². The van der Waals surface area contributed by atoms with Crippen LogP contribution in [0, 0.1) is 17.5 Å². The highest BCUT2D eigenvalue weighted by molar-refractivity contribution is 5.97. The summed E-state index contributed by atoms with van der Waals surface area (Å²) in [7, 11) is 0. The smallest absolute Gasteiger partial charge is 0.382 e. The molecule has 0 atom stereocenters. The van der Waals surface area contributed by atoms with Crippen molar-refractivity contribution in [3.05, 3.63) is 53.8 Å². The highest BCUT2D eigenvalue weighted by Gasteiger charge is 2.36. The number of hydrogen-bond donors (Lipinski definition) is 1. The zero-order chi connectivity index (χ0) is 18.4. The molecule has 0 bridgehead atoms. The maximum absolute atomic E-state index is 14.0. The maximum atomic E-state index is 14.0. The molecule has 0 unspecified atom stereocenters. The van der Waals surface area contributed by atoms with Crippen molar-refractivity contribution in [1.29, 1.82) is 0 Å². The summed E-state index contributed by atoms with van der Waals surface area (Å²) in [6, 6.07) is 6.15. The van der Waals surface area contributed by atoms with Crippen LogP contribution in [-0.4, -0.2) is 16.9 Å². The van der Waals surface area contributed by atoms with Gasteiger partial charge in [0.1, 0.15) is 17.5 Å². The molecular formula is C17H10F5NO2. The lowest BCUT2D eigenvalue weighted by molar-refractivity contribution is -0.158. The quantitative estimate of drug-likeness (QED) is 0.541. The first-order valence-electron chi connectivity index (χ1n) is 7.03. The molecule has 3 aromatic rings. The summed E-state index contributed by atoms with van der Waals surface area (Å²) in [5.74, 6) is -8.70. The van der Waals surface area contributed by atoms with Crippen molar-refractivity contribution in [2.75, 3.05) is 0 Å². The molecule has 0 saturated heterocycles. The Labute approximate surface area is 138 Å². The second kappa shape index (κ2) is 5.87. The lowest BCUT2D eigenvalue weighted by atomic mass is 10.1. The van der Waals surface area contributed by atoms with Crippen molar-refractivity contribution < 1.29 is 31.5 Å². The van der Waals surface area contributed by atoms with Crippen molar-refractivity contribution in [2.45, 2.75) is 12.8 Å². The van der Waals surface area contributed by atoms with Gasteiger partial charge in [0.2, 0.25) is 0 Å². The number of rotatable bonds is 3. The van der Waals surface area contributed by atoms with E-state index in [-0.39, 0.29) is 22.2 Å². The molecule has 0 aliphatic heterocycles. The molecule has 0 spiro atoms. The minimum absolute atomic E-state index is 0.0582. The van der Waals surface area contributed by atoms with E-state index in [2.05, 4.69) is 4.98 Å². The molecule has 0 radical (unpaired) electrons. The molecule has 25 heavy (non-hydrogen) atoms. The van der Waals surface area contributed by atoms with Gasteiger partial charge in [-0.1, -0.05) is 0 Å². The number of halogens is 5. The third-order valence-electron chi connectivity index (χ3n) is 3.46. The number of carbonyl (C=O) groups is 1. The van der Waals surface area contributed by atoms with E-state index < -0.39 is 35.1 Å². The van der Waals surface area contributed by atoms with Crippen molar-refractivity contribution >= 4 is 16.9 Å². The average Bonchev–Trinajstić information content (AvgIpc) is 2.86. The van der Waals surface area contributed by atoms with Crippen molar-refractivity contribution in [3.8, 4) is 17.0 Å². The fourth-order valence-electron chi connectivity index (χ4n) is 2.30. The van der Waals surface area contributed by atoms with Gasteiger partial charge in [0, 0.05) is 23.9 Å². The Bertz CT molecular complexity index is 958. The molecule has 130 valence electrons. The van der Waals surface area contributed by atoms with Gasteiger partial charge < -0.3 is 9.72 Å². The average molecular weight is 355 g/mol. The van der Waals surface area contributed by atoms with Crippen LogP contribution in [0.25, 0.3) is 22.2 Å². The second-order valence-corrected chi connectivity index (χ2v) is 5.42. The van der Waals surface area contributed by atoms with Gasteiger partial charge in [0.05, 0.1) is 11.2 Å². The van der Waals surface area contributed by atoms with Crippen LogP contribution in [-0.2, 0) is 4.79 Å². The van der Waals surface area contributed by atoms with E-state index in [0.29, 0.717) is 13.0 Å². The Morgan fingerprint density at radius 3 is 2.28 bits per heavy atom. The number of benzene rings is 2. The zero-order valence-corrected chi connectivity index (χ0v) is 12.7. The fourth-order valence-corrected chi connectivity index (χ4v) is 2.30. The van der Waals surface area contributed by atoms with Crippen LogP contribution < -0.4 is 4.74 Å². The van der Waals surface area contributed by atoms with Crippen LogP contribution in [0.4, 0.5) is 22.0 Å². The molecule has 1 N–H and O–H groups in total. The minimum atomic E-state index is -3.81. The summed E-state index contributed by atoms with van der Waals surface area (Å²) < 4.78 is 71.6. The summed E-state index contributed by atoms with van der Waals surface area (Å²) in [4.78, 5) is 14.1. The second-order valence-electron chi connectivity index (χ2n) is 5.42. The number of ether oxygens (including phenoxy) is 1. The molecule has 3 rings (SSSR count). The summed E-state index contributed by atoms with van der Waals surface area (Å²) in [6.45, 7) is 0.336. The molecule has 0 fully saturated rings. The molecule has 0 saturated carbocycles. The predicted molar refractivity (Wildman–Crippen MR) is 79.9 cm³/mol. The van der Waals surface area contributed by atoms with Crippen LogP contribution in [0.1, 0.15) is 6.92 Å². The van der Waals surface area contributed by atoms with Gasteiger partial charge >= 0.3 is 11.9 Å². The van der Waals surface area contributed by atoms with Crippen LogP contribution in [0.2, 0.25) is 0 Å². The summed E-state index contributed by atoms with van der Waals surface area (Å²) >= 11 is 0. The number of fused-ring (bicyclic) bond motifs is 1. The van der Waals surface area contributed by atoms with Crippen LogP contribution in [0.15, 0.2) is 36.4 Å². The summed E-state index contributed by atoms with van der Waals surface area (Å²) in [5.41, 5.74) is -0.0559. The van der Waals surface area contributed by atoms with Crippen LogP contribution in [0.3, 0.4) is 0 Å². The van der Waals surface area contributed by atoms with Gasteiger partial charge in [0.25, 0.3) is 0 Å². The predicted octanol–water partition coefficient (Wildman–Crippen LogP) is 4.81. The number of aromatic nitrogens is 1. The molecule has 1 aromatic heterocycles. The summed E-state index contributed by atoms with van der Waals surface area (Å²) in [6.07, 6.45) is 0. The molecule has 1 heterocycles. The largest absolute Gasteiger partial charge is 0.419 e. The Morgan fingerprint density at radius 1 is 1.04 bits per heavy atom. The normalized spacial score (nSPS) is 11.8. The Kier molecular flexibility index (Phi) is 3.98. The Hall–Kier alpha value is -2.90. The monoisotopic (exact) mass is 355 g/mol. The van der Waals surface area contributed by atoms with Gasteiger partial charge in [0.15, 0.2) is 5.75 Å². The van der Waals surface area contributed by atoms with Crippen molar-refractivity contribution in [2.24, 2.45) is 0 Å². The molecule has 0 aliphatic carbocycles. The van der Waals surface area contributed by atoms with E-state index >= 15 is 0 Å². The topological polar surface area (TPSA) is 42.1 Å². The molecule has 2 aromatic carbocycles. The SMILES string of the molecule is CC(F)(F)C(=O)Oc1c(-c2ccc(F)cc2)[nH]c2c(F)cc(F)cc12. The van der Waals surface area contributed by atoms with Gasteiger partial charge in [-0.25, -0.2) is 18.0 Å². The van der Waals surface area contributed by atoms with Crippen LogP contribution >= 0.6 is 0 Å². The van der Waals surface area contributed by atoms with E-state index in [9.17, 15) is 26.7 Å². The third kappa shape index (κ3) is 3.19. The minimum Gasteiger partial charge on any atom is -0.419 e. The highest BCUT2D eigenvalue weighted by Crippen LogP contribution is 2.39. The first-order chi connectivity index (χ1) is 11.7. The van der Waals surface area contributed by atoms with Gasteiger partial charge in [-0.05, 0) is 30.3 Å². The first-order valence-corrected chi connectivity index (χ1v) is 7.03. The van der Waals surface area contributed by atoms with Crippen molar-refractivity contribution in [1.82, 2.24) is 4.98 Å². The Morgan fingerprint density at radius 2 is 1.68 bits per heavy atom. The number of carbonyl (C=O) groups excluding carboxylic acids is 1. The third-order valence-corrected chi connectivity index (χ3v) is 3.46. The van der Waals surface area contributed by atoms with E-state index in [1.54, 1.807) is 0 Å². The van der Waals surface area contributed by atoms with Crippen LogP contribution in [0.5, 0.6) is 5.75 Å². The van der Waals surface area contributed by atoms with Gasteiger partial charge in [-0.15, -0.1) is 0 Å². The zero-order valence-electron chi connectivity index (χ0n) is 12.7. The maximum Gasteiger partial charge on any atom is 0.382 e. The first kappa shape index (κ1) is 16.9. The number of aromatic amines is 1. The highest BCUT2D eigenvalue weighted by atomic mass is 19.3. The standard InChI is InChI=1S/C17H10F5NO2/c1-17(21,22)16(24)25-15-11-6-10(19)7-12(20)14(11)23-13(15)8-2-4-9(18)5-3-8/h2-7,23H,1H3. The van der Waals surface area contributed by atoms with E-state index in [0.717, 1.165) is 18.2 Å². The summed E-state index contributed by atoms with van der Waals surface area (Å²) in [5, 5.41) is -0.227. The number of alkyl halides is 2. The molecule has 0 aliphatic rings. The number of nitrogens with one attached hydrogen (secondary N) is 1. The lowest BCUT2D eigenvalue weighted by Crippen LogP contribution is -2.29. The van der Waals surface area contributed by atoms with E-state index in [1.165, 1.54) is 12.1 Å². The molecule has 8 heteroatoms. The van der Waals surface area contributed by atoms with Crippen molar-refractivity contribution in [3.63, 3.8) is 0 Å². The number of hydrogen-bond acceptors (Lipinski definition) is 2. The number of H-pyrrole nitrogens is 1. The van der Waals surface area contributed by atoms with Gasteiger partial charge in [-0.2, -0.15) is 8.78 Å². The van der Waals surface area contributed by atoms with E-state index in [4.69, 9.17) is 4.74 Å². The fraction of sp³-hybridized carbons (Fsp3) is 0.118. The Balaban J connectivity index is 2.24. The lowest BCUT2D eigenvalue weighted by Gasteiger charge is -2.11. The van der Waals surface area contributed by atoms with E-state index in [1.807, 2.05) is 0 Å². The molecule has 3 nitrogen and oxygen atoms in total. The molecule has 0 amide bonds. The molecular weight excluding hydrogens is 345 g/mol. The number of esters is 1.